The highest BCUT2D eigenvalue weighted by atomic mass is 79.9. The van der Waals surface area contributed by atoms with Crippen molar-refractivity contribution in [3.8, 4) is 5.75 Å². The predicted molar refractivity (Wildman–Crippen MR) is 89.4 cm³/mol. The van der Waals surface area contributed by atoms with Crippen molar-refractivity contribution in [1.29, 1.82) is 0 Å². The molecule has 0 unspecified atom stereocenters. The van der Waals surface area contributed by atoms with E-state index in [0.29, 0.717) is 18.0 Å². The molecule has 5 heteroatoms. The van der Waals surface area contributed by atoms with E-state index in [2.05, 4.69) is 21.2 Å². The molecule has 0 aliphatic heterocycles. The molecule has 0 bridgehead atoms. The van der Waals surface area contributed by atoms with E-state index in [4.69, 9.17) is 4.74 Å². The first-order valence-electron chi connectivity index (χ1n) is 6.75. The molecular formula is C17H15BrFNO2. The summed E-state index contributed by atoms with van der Waals surface area (Å²) in [6.45, 7) is 2.45. The fourth-order valence-corrected chi connectivity index (χ4v) is 2.20. The van der Waals surface area contributed by atoms with E-state index >= 15 is 0 Å². The lowest BCUT2D eigenvalue weighted by Gasteiger charge is -2.07. The van der Waals surface area contributed by atoms with Crippen molar-refractivity contribution >= 4 is 33.6 Å². The minimum Gasteiger partial charge on any atom is -0.493 e. The molecule has 3 nitrogen and oxygen atoms in total. The van der Waals surface area contributed by atoms with E-state index in [-0.39, 0.29) is 11.7 Å². The summed E-state index contributed by atoms with van der Waals surface area (Å²) in [5.74, 6) is 0.0644. The van der Waals surface area contributed by atoms with Crippen molar-refractivity contribution in [2.75, 3.05) is 11.9 Å². The van der Waals surface area contributed by atoms with Gasteiger partial charge in [0.2, 0.25) is 5.91 Å². The van der Waals surface area contributed by atoms with E-state index in [0.717, 1.165) is 10.0 Å². The van der Waals surface area contributed by atoms with Crippen LogP contribution in [0.3, 0.4) is 0 Å². The van der Waals surface area contributed by atoms with Gasteiger partial charge in [-0.3, -0.25) is 4.79 Å². The fourth-order valence-electron chi connectivity index (χ4n) is 1.82. The van der Waals surface area contributed by atoms with Crippen LogP contribution in [0.5, 0.6) is 5.75 Å². The Morgan fingerprint density at radius 1 is 1.27 bits per heavy atom. The van der Waals surface area contributed by atoms with E-state index in [1.165, 1.54) is 30.3 Å². The van der Waals surface area contributed by atoms with Crippen LogP contribution in [-0.4, -0.2) is 12.5 Å². The molecule has 2 aromatic rings. The Bertz CT molecular complexity index is 684. The SMILES string of the molecule is CCOc1ccc(Br)cc1C=CC(=O)Nc1ccc(F)cc1. The number of carbonyl (C=O) groups is 1. The van der Waals surface area contributed by atoms with E-state index < -0.39 is 0 Å². The van der Waals surface area contributed by atoms with Gasteiger partial charge in [-0.15, -0.1) is 0 Å². The molecule has 114 valence electrons. The molecule has 1 N–H and O–H groups in total. The summed E-state index contributed by atoms with van der Waals surface area (Å²) in [7, 11) is 0. The van der Waals surface area contributed by atoms with E-state index in [1.807, 2.05) is 25.1 Å². The highest BCUT2D eigenvalue weighted by molar-refractivity contribution is 9.10. The molecule has 0 aromatic heterocycles. The van der Waals surface area contributed by atoms with Gasteiger partial charge in [-0.1, -0.05) is 15.9 Å². The lowest BCUT2D eigenvalue weighted by Crippen LogP contribution is -2.07. The minimum atomic E-state index is -0.343. The predicted octanol–water partition coefficient (Wildman–Crippen LogP) is 4.64. The molecule has 22 heavy (non-hydrogen) atoms. The van der Waals surface area contributed by atoms with Crippen LogP contribution in [0.25, 0.3) is 6.08 Å². The molecule has 1 amide bonds. The first-order chi connectivity index (χ1) is 10.6. The molecule has 0 saturated carbocycles. The van der Waals surface area contributed by atoms with Gasteiger partial charge >= 0.3 is 0 Å². The second-order valence-corrected chi connectivity index (χ2v) is 5.36. The maximum atomic E-state index is 12.8. The number of ether oxygens (including phenoxy) is 1. The van der Waals surface area contributed by atoms with E-state index in [1.54, 1.807) is 6.08 Å². The minimum absolute atomic E-state index is 0.297. The van der Waals surface area contributed by atoms with Crippen LogP contribution < -0.4 is 10.1 Å². The monoisotopic (exact) mass is 363 g/mol. The largest absolute Gasteiger partial charge is 0.493 e. The van der Waals surface area contributed by atoms with Gasteiger partial charge < -0.3 is 10.1 Å². The molecule has 0 radical (unpaired) electrons. The number of halogens is 2. The van der Waals surface area contributed by atoms with Crippen LogP contribution in [0, 0.1) is 5.82 Å². The number of benzene rings is 2. The zero-order valence-electron chi connectivity index (χ0n) is 12.0. The summed E-state index contributed by atoms with van der Waals surface area (Å²) < 4.78 is 19.2. The number of nitrogens with one attached hydrogen (secondary N) is 1. The number of hydrogen-bond acceptors (Lipinski definition) is 2. The number of hydrogen-bond donors (Lipinski definition) is 1. The zero-order chi connectivity index (χ0) is 15.9. The average molecular weight is 364 g/mol. The van der Waals surface area contributed by atoms with Crippen molar-refractivity contribution in [3.63, 3.8) is 0 Å². The third kappa shape index (κ3) is 4.70. The van der Waals surface area contributed by atoms with Crippen molar-refractivity contribution < 1.29 is 13.9 Å². The fraction of sp³-hybridized carbons (Fsp3) is 0.118. The molecule has 0 fully saturated rings. The summed E-state index contributed by atoms with van der Waals surface area (Å²) in [6.07, 6.45) is 3.09. The lowest BCUT2D eigenvalue weighted by molar-refractivity contribution is -0.111. The van der Waals surface area contributed by atoms with Gasteiger partial charge in [0.25, 0.3) is 0 Å². The first-order valence-corrected chi connectivity index (χ1v) is 7.55. The third-order valence-electron chi connectivity index (χ3n) is 2.80. The highest BCUT2D eigenvalue weighted by Gasteiger charge is 2.03. The standard InChI is InChI=1S/C17H15BrFNO2/c1-2-22-16-9-4-13(18)11-12(16)3-10-17(21)20-15-7-5-14(19)6-8-15/h3-11H,2H2,1H3,(H,20,21). The van der Waals surface area contributed by atoms with Crippen LogP contribution in [0.15, 0.2) is 53.0 Å². The molecule has 2 aromatic carbocycles. The summed E-state index contributed by atoms with van der Waals surface area (Å²) in [6, 6.07) is 11.2. The second kappa shape index (κ2) is 7.75. The van der Waals surface area contributed by atoms with Gasteiger partial charge in [0, 0.05) is 21.8 Å². The molecule has 0 aliphatic carbocycles. The Hall–Kier alpha value is -2.14. The Balaban J connectivity index is 2.09. The van der Waals surface area contributed by atoms with Gasteiger partial charge in [0.15, 0.2) is 0 Å². The molecule has 0 heterocycles. The smallest absolute Gasteiger partial charge is 0.248 e. The molecule has 0 spiro atoms. The Kier molecular flexibility index (Phi) is 5.72. The third-order valence-corrected chi connectivity index (χ3v) is 3.29. The molecule has 0 aliphatic rings. The number of anilines is 1. The lowest BCUT2D eigenvalue weighted by atomic mass is 10.2. The van der Waals surface area contributed by atoms with Crippen LogP contribution >= 0.6 is 15.9 Å². The molecule has 0 atom stereocenters. The van der Waals surface area contributed by atoms with E-state index in [9.17, 15) is 9.18 Å². The zero-order valence-corrected chi connectivity index (χ0v) is 13.6. The summed E-state index contributed by atoms with van der Waals surface area (Å²) in [5.41, 5.74) is 1.33. The Morgan fingerprint density at radius 3 is 2.68 bits per heavy atom. The first kappa shape index (κ1) is 16.2. The van der Waals surface area contributed by atoms with Crippen molar-refractivity contribution in [2.24, 2.45) is 0 Å². The van der Waals surface area contributed by atoms with Gasteiger partial charge in [0.1, 0.15) is 11.6 Å². The Labute approximate surface area is 136 Å². The molecule has 2 rings (SSSR count). The van der Waals surface area contributed by atoms with Gasteiger partial charge in [-0.25, -0.2) is 4.39 Å². The van der Waals surface area contributed by atoms with Crippen LogP contribution in [0.2, 0.25) is 0 Å². The number of rotatable bonds is 5. The topological polar surface area (TPSA) is 38.3 Å². The Morgan fingerprint density at radius 2 is 2.00 bits per heavy atom. The average Bonchev–Trinajstić information content (AvgIpc) is 2.50. The van der Waals surface area contributed by atoms with Crippen molar-refractivity contribution in [3.05, 3.63) is 64.4 Å². The summed E-state index contributed by atoms with van der Waals surface area (Å²) in [5, 5.41) is 2.66. The second-order valence-electron chi connectivity index (χ2n) is 4.44. The summed E-state index contributed by atoms with van der Waals surface area (Å²) in [4.78, 5) is 11.9. The maximum absolute atomic E-state index is 12.8. The highest BCUT2D eigenvalue weighted by Crippen LogP contribution is 2.24. The van der Waals surface area contributed by atoms with Gasteiger partial charge in [-0.2, -0.15) is 0 Å². The molecular weight excluding hydrogens is 349 g/mol. The van der Waals surface area contributed by atoms with Gasteiger partial charge in [0.05, 0.1) is 6.61 Å². The van der Waals surface area contributed by atoms with Crippen molar-refractivity contribution in [1.82, 2.24) is 0 Å². The van der Waals surface area contributed by atoms with Crippen LogP contribution in [0.1, 0.15) is 12.5 Å². The van der Waals surface area contributed by atoms with Crippen LogP contribution in [0.4, 0.5) is 10.1 Å². The van der Waals surface area contributed by atoms with Crippen LogP contribution in [-0.2, 0) is 4.79 Å². The quantitative estimate of drug-likeness (QED) is 0.785. The normalized spacial score (nSPS) is 10.7. The van der Waals surface area contributed by atoms with Crippen molar-refractivity contribution in [2.45, 2.75) is 6.92 Å². The molecule has 0 saturated heterocycles. The number of carbonyl (C=O) groups excluding carboxylic acids is 1. The number of amides is 1. The summed E-state index contributed by atoms with van der Waals surface area (Å²) >= 11 is 3.39. The van der Waals surface area contributed by atoms with Gasteiger partial charge in [-0.05, 0) is 55.5 Å². The maximum Gasteiger partial charge on any atom is 0.248 e.